The van der Waals surface area contributed by atoms with E-state index in [1.807, 2.05) is 61.5 Å². The molecule has 2 rings (SSSR count). The number of aryl methyl sites for hydroxylation is 1. The summed E-state index contributed by atoms with van der Waals surface area (Å²) in [5, 5.41) is 0.621. The molecule has 0 radical (unpaired) electrons. The summed E-state index contributed by atoms with van der Waals surface area (Å²) >= 11 is 0. The molecule has 0 aliphatic rings. The van der Waals surface area contributed by atoms with Crippen LogP contribution in [0.15, 0.2) is 59.6 Å². The highest BCUT2D eigenvalue weighted by Gasteiger charge is 2.28. The Morgan fingerprint density at radius 3 is 2.21 bits per heavy atom. The molecule has 1 atom stereocenters. The van der Waals surface area contributed by atoms with Gasteiger partial charge in [-0.3, -0.25) is 4.84 Å². The highest BCUT2D eigenvalue weighted by atomic mass is 16.7. The normalized spacial score (nSPS) is 13.0. The quantitative estimate of drug-likeness (QED) is 0.189. The molecule has 2 aromatic carbocycles. The van der Waals surface area contributed by atoms with Crippen molar-refractivity contribution in [2.75, 3.05) is 6.61 Å². The van der Waals surface area contributed by atoms with Crippen LogP contribution in [-0.4, -0.2) is 47.3 Å². The van der Waals surface area contributed by atoms with Gasteiger partial charge in [-0.1, -0.05) is 42.5 Å². The summed E-state index contributed by atoms with van der Waals surface area (Å²) in [4.78, 5) is 34.2. The first-order valence-corrected chi connectivity index (χ1v) is 12.3. The molecule has 10 heteroatoms. The van der Waals surface area contributed by atoms with Crippen molar-refractivity contribution in [3.8, 4) is 5.75 Å². The van der Waals surface area contributed by atoms with Crippen molar-refractivity contribution >= 4 is 18.1 Å². The number of nitrogens with zero attached hydrogens (tertiary/aromatic N) is 2. The number of hydroxylamine groups is 2. The van der Waals surface area contributed by atoms with E-state index in [0.29, 0.717) is 17.4 Å². The van der Waals surface area contributed by atoms with Crippen LogP contribution in [0, 0.1) is 6.92 Å². The lowest BCUT2D eigenvalue weighted by Gasteiger charge is -2.26. The Labute approximate surface area is 224 Å². The van der Waals surface area contributed by atoms with E-state index in [2.05, 4.69) is 4.99 Å². The van der Waals surface area contributed by atoms with Crippen LogP contribution in [0.3, 0.4) is 0 Å². The Balaban J connectivity index is 2.14. The number of hydrogen-bond acceptors (Lipinski definition) is 7. The van der Waals surface area contributed by atoms with E-state index in [1.54, 1.807) is 41.5 Å². The summed E-state index contributed by atoms with van der Waals surface area (Å²) in [5.74, 6) is 0.0907. The van der Waals surface area contributed by atoms with E-state index < -0.39 is 35.6 Å². The fourth-order valence-electron chi connectivity index (χ4n) is 2.96. The van der Waals surface area contributed by atoms with Crippen molar-refractivity contribution in [1.82, 2.24) is 5.06 Å². The molecule has 0 saturated heterocycles. The smallest absolute Gasteiger partial charge is 0.442 e. The molecule has 38 heavy (non-hydrogen) atoms. The van der Waals surface area contributed by atoms with Crippen molar-refractivity contribution in [3.63, 3.8) is 0 Å². The van der Waals surface area contributed by atoms with Crippen LogP contribution in [0.1, 0.15) is 59.1 Å². The van der Waals surface area contributed by atoms with Crippen LogP contribution in [0.25, 0.3) is 0 Å². The van der Waals surface area contributed by atoms with E-state index >= 15 is 0 Å². The summed E-state index contributed by atoms with van der Waals surface area (Å²) in [6.07, 6.45) is -2.43. The van der Waals surface area contributed by atoms with Gasteiger partial charge in [-0.25, -0.2) is 9.59 Å². The molecule has 0 bridgehead atoms. The van der Waals surface area contributed by atoms with Crippen LogP contribution in [0.5, 0.6) is 5.75 Å². The molecule has 2 N–H and O–H groups in total. The zero-order valence-electron chi connectivity index (χ0n) is 23.2. The SMILES string of the molecule is Cc1cccc(OC(CCON(C(=O)OC(C)(C)C)C(N)=NC(=O)OC(C)(C)C)OCc2ccccc2)c1. The molecule has 208 valence electrons. The van der Waals surface area contributed by atoms with Gasteiger partial charge >= 0.3 is 12.2 Å². The average Bonchev–Trinajstić information content (AvgIpc) is 2.78. The van der Waals surface area contributed by atoms with E-state index in [9.17, 15) is 9.59 Å². The van der Waals surface area contributed by atoms with Crippen molar-refractivity contribution in [1.29, 1.82) is 0 Å². The number of benzene rings is 2. The summed E-state index contributed by atoms with van der Waals surface area (Å²) < 4.78 is 22.6. The van der Waals surface area contributed by atoms with Gasteiger partial charge in [0, 0.05) is 6.42 Å². The summed E-state index contributed by atoms with van der Waals surface area (Å²) in [7, 11) is 0. The third-order valence-electron chi connectivity index (χ3n) is 4.48. The van der Waals surface area contributed by atoms with Crippen LogP contribution in [0.2, 0.25) is 0 Å². The number of rotatable bonds is 9. The zero-order valence-corrected chi connectivity index (χ0v) is 23.2. The fourth-order valence-corrected chi connectivity index (χ4v) is 2.96. The maximum Gasteiger partial charge on any atom is 0.442 e. The van der Waals surface area contributed by atoms with Crippen LogP contribution in [-0.2, 0) is 25.7 Å². The van der Waals surface area contributed by atoms with Crippen LogP contribution >= 0.6 is 0 Å². The second kappa shape index (κ2) is 13.8. The van der Waals surface area contributed by atoms with Gasteiger partial charge in [0.1, 0.15) is 17.0 Å². The Morgan fingerprint density at radius 1 is 0.947 bits per heavy atom. The minimum absolute atomic E-state index is 0.0744. The Hall–Kier alpha value is -3.63. The Kier molecular flexibility index (Phi) is 11.1. The zero-order chi connectivity index (χ0) is 28.3. The van der Waals surface area contributed by atoms with Crippen LogP contribution in [0.4, 0.5) is 9.59 Å². The van der Waals surface area contributed by atoms with Gasteiger partial charge in [-0.15, -0.1) is 10.1 Å². The van der Waals surface area contributed by atoms with Crippen molar-refractivity contribution < 1.29 is 33.4 Å². The number of aliphatic imine (C=N–C) groups is 1. The molecule has 0 aromatic heterocycles. The topological polar surface area (TPSA) is 122 Å². The molecule has 0 aliphatic heterocycles. The predicted molar refractivity (Wildman–Crippen MR) is 143 cm³/mol. The fraction of sp³-hybridized carbons (Fsp3) is 0.464. The predicted octanol–water partition coefficient (Wildman–Crippen LogP) is 5.73. The van der Waals surface area contributed by atoms with Gasteiger partial charge in [-0.05, 0) is 71.7 Å². The van der Waals surface area contributed by atoms with Gasteiger partial charge < -0.3 is 24.7 Å². The highest BCUT2D eigenvalue weighted by Crippen LogP contribution is 2.18. The summed E-state index contributed by atoms with van der Waals surface area (Å²) in [6.45, 7) is 12.3. The van der Waals surface area contributed by atoms with Crippen molar-refractivity contribution in [2.24, 2.45) is 10.7 Å². The minimum atomic E-state index is -0.973. The van der Waals surface area contributed by atoms with E-state index in [0.717, 1.165) is 11.1 Å². The lowest BCUT2D eigenvalue weighted by atomic mass is 10.2. The standard InChI is InChI=1S/C28H39N3O7/c1-20-12-11-15-22(18-20)36-23(34-19-21-13-9-8-10-14-21)16-17-35-31(26(33)38-28(5,6)7)24(29)30-25(32)37-27(2,3)4/h8-15,18,23H,16-17,19H2,1-7H3,(H2,29,30,32). The van der Waals surface area contributed by atoms with Gasteiger partial charge in [0.05, 0.1) is 13.2 Å². The number of ether oxygens (including phenoxy) is 4. The maximum absolute atomic E-state index is 12.8. The first kappa shape index (κ1) is 30.6. The molecule has 0 saturated carbocycles. The molecular weight excluding hydrogens is 490 g/mol. The second-order valence-corrected chi connectivity index (χ2v) is 10.5. The number of guanidine groups is 1. The average molecular weight is 530 g/mol. The maximum atomic E-state index is 12.8. The molecule has 0 heterocycles. The molecular formula is C28H39N3O7. The first-order valence-electron chi connectivity index (χ1n) is 12.3. The molecule has 10 nitrogen and oxygen atoms in total. The highest BCUT2D eigenvalue weighted by molar-refractivity contribution is 5.97. The van der Waals surface area contributed by atoms with E-state index in [-0.39, 0.29) is 13.0 Å². The number of carbonyl (C=O) groups is 2. The molecule has 1 unspecified atom stereocenters. The van der Waals surface area contributed by atoms with E-state index in [4.69, 9.17) is 29.5 Å². The molecule has 0 fully saturated rings. The molecule has 0 spiro atoms. The van der Waals surface area contributed by atoms with Crippen molar-refractivity contribution in [2.45, 2.75) is 79.0 Å². The Morgan fingerprint density at radius 2 is 1.61 bits per heavy atom. The van der Waals surface area contributed by atoms with Gasteiger partial charge in [-0.2, -0.15) is 0 Å². The number of carbonyl (C=O) groups excluding carboxylic acids is 2. The monoisotopic (exact) mass is 529 g/mol. The van der Waals surface area contributed by atoms with Gasteiger partial charge in [0.15, 0.2) is 0 Å². The molecule has 2 amide bonds. The molecule has 0 aliphatic carbocycles. The number of amides is 2. The number of nitrogens with two attached hydrogens (primary N) is 1. The third-order valence-corrected chi connectivity index (χ3v) is 4.48. The van der Waals surface area contributed by atoms with E-state index in [1.165, 1.54) is 0 Å². The van der Waals surface area contributed by atoms with Gasteiger partial charge in [0.2, 0.25) is 12.2 Å². The Bertz CT molecular complexity index is 1080. The van der Waals surface area contributed by atoms with Gasteiger partial charge in [0.25, 0.3) is 0 Å². The third kappa shape index (κ3) is 12.1. The number of hydrogen-bond donors (Lipinski definition) is 1. The first-order chi connectivity index (χ1) is 17.7. The largest absolute Gasteiger partial charge is 0.465 e. The lowest BCUT2D eigenvalue weighted by Crippen LogP contribution is -2.45. The summed E-state index contributed by atoms with van der Waals surface area (Å²) in [5.41, 5.74) is 6.29. The van der Waals surface area contributed by atoms with Crippen LogP contribution < -0.4 is 10.5 Å². The minimum Gasteiger partial charge on any atom is -0.465 e. The molecule has 2 aromatic rings. The lowest BCUT2D eigenvalue weighted by molar-refractivity contribution is -0.139. The summed E-state index contributed by atoms with van der Waals surface area (Å²) in [6, 6.07) is 17.2. The van der Waals surface area contributed by atoms with Crippen molar-refractivity contribution in [3.05, 3.63) is 65.7 Å². The second-order valence-electron chi connectivity index (χ2n) is 10.5.